The van der Waals surface area contributed by atoms with Gasteiger partial charge in [0.1, 0.15) is 0 Å². The van der Waals surface area contributed by atoms with E-state index in [9.17, 15) is 14.9 Å². The molecule has 0 saturated carbocycles. The van der Waals surface area contributed by atoms with Crippen LogP contribution in [0.2, 0.25) is 0 Å². The Morgan fingerprint density at radius 1 is 1.17 bits per heavy atom. The van der Waals surface area contributed by atoms with Crippen molar-refractivity contribution in [3.63, 3.8) is 0 Å². The lowest BCUT2D eigenvalue weighted by atomic mass is 10.1. The van der Waals surface area contributed by atoms with Crippen LogP contribution in [-0.4, -0.2) is 16.5 Å². The first-order chi connectivity index (χ1) is 11.1. The summed E-state index contributed by atoms with van der Waals surface area (Å²) in [5.41, 5.74) is 4.48. The number of nitrogens with one attached hydrogen (secondary N) is 1. The summed E-state index contributed by atoms with van der Waals surface area (Å²) in [6.45, 7) is 1.96. The molecule has 0 fully saturated rings. The molecule has 118 valence electrons. The molecule has 0 unspecified atom stereocenters. The third-order valence-corrected chi connectivity index (χ3v) is 3.29. The lowest BCUT2D eigenvalue weighted by Crippen LogP contribution is -2.20. The maximum Gasteiger partial charge on any atom is 0.271 e. The van der Waals surface area contributed by atoms with E-state index in [2.05, 4.69) is 10.5 Å². The van der Waals surface area contributed by atoms with Crippen LogP contribution in [0.1, 0.15) is 29.3 Å². The summed E-state index contributed by atoms with van der Waals surface area (Å²) >= 11 is 0. The molecule has 2 aromatic rings. The van der Waals surface area contributed by atoms with Crippen LogP contribution in [0, 0.1) is 10.1 Å². The van der Waals surface area contributed by atoms with Crippen LogP contribution in [-0.2, 0) is 6.42 Å². The molecule has 0 heterocycles. The van der Waals surface area contributed by atoms with Gasteiger partial charge in [-0.15, -0.1) is 0 Å². The number of carbonyl (C=O) groups excluding carboxylic acids is 1. The maximum absolute atomic E-state index is 12.1. The Hall–Kier alpha value is -3.02. The van der Waals surface area contributed by atoms with Gasteiger partial charge in [-0.25, -0.2) is 5.43 Å². The number of nitro groups is 1. The minimum absolute atomic E-state index is 0.123. The molecular formula is C17H17N3O3. The van der Waals surface area contributed by atoms with E-state index in [4.69, 9.17) is 0 Å². The van der Waals surface area contributed by atoms with E-state index in [-0.39, 0.29) is 11.3 Å². The van der Waals surface area contributed by atoms with E-state index in [1.165, 1.54) is 24.3 Å². The Labute approximate surface area is 134 Å². The van der Waals surface area contributed by atoms with E-state index in [0.717, 1.165) is 11.3 Å². The van der Waals surface area contributed by atoms with Gasteiger partial charge in [-0.2, -0.15) is 5.10 Å². The topological polar surface area (TPSA) is 84.6 Å². The fourth-order valence-corrected chi connectivity index (χ4v) is 2.03. The Kier molecular flexibility index (Phi) is 5.57. The molecule has 1 amide bonds. The molecule has 0 atom stereocenters. The van der Waals surface area contributed by atoms with E-state index in [0.29, 0.717) is 12.8 Å². The molecule has 2 rings (SSSR count). The predicted octanol–water partition coefficient (Wildman–Crippen LogP) is 3.33. The number of nitro benzene ring substituents is 1. The molecule has 0 aromatic heterocycles. The predicted molar refractivity (Wildman–Crippen MR) is 88.4 cm³/mol. The third-order valence-electron chi connectivity index (χ3n) is 3.29. The Balaban J connectivity index is 2.06. The van der Waals surface area contributed by atoms with Crippen molar-refractivity contribution in [2.45, 2.75) is 19.8 Å². The minimum Gasteiger partial charge on any atom is -0.267 e. The molecule has 0 bridgehead atoms. The minimum atomic E-state index is -0.535. The van der Waals surface area contributed by atoms with Gasteiger partial charge in [-0.3, -0.25) is 14.9 Å². The smallest absolute Gasteiger partial charge is 0.267 e. The van der Waals surface area contributed by atoms with Crippen LogP contribution >= 0.6 is 0 Å². The zero-order chi connectivity index (χ0) is 16.7. The number of benzene rings is 2. The summed E-state index contributed by atoms with van der Waals surface area (Å²) in [5, 5.41) is 14.9. The number of non-ortho nitro benzene ring substituents is 1. The molecule has 0 aliphatic rings. The number of hydrazone groups is 1. The van der Waals surface area contributed by atoms with Gasteiger partial charge in [-0.05, 0) is 18.1 Å². The van der Waals surface area contributed by atoms with Crippen molar-refractivity contribution in [3.8, 4) is 0 Å². The van der Waals surface area contributed by atoms with Gasteiger partial charge in [0, 0.05) is 29.8 Å². The fraction of sp³-hybridized carbons (Fsp3) is 0.176. The zero-order valence-corrected chi connectivity index (χ0v) is 12.7. The number of hydrogen-bond acceptors (Lipinski definition) is 4. The van der Waals surface area contributed by atoms with Crippen molar-refractivity contribution < 1.29 is 9.72 Å². The molecule has 0 spiro atoms. The van der Waals surface area contributed by atoms with E-state index < -0.39 is 10.8 Å². The third kappa shape index (κ3) is 4.74. The fourth-order valence-electron chi connectivity index (χ4n) is 2.03. The molecule has 0 saturated heterocycles. The van der Waals surface area contributed by atoms with Crippen molar-refractivity contribution in [1.29, 1.82) is 0 Å². The lowest BCUT2D eigenvalue weighted by Gasteiger charge is -2.05. The zero-order valence-electron chi connectivity index (χ0n) is 12.7. The summed E-state index contributed by atoms with van der Waals surface area (Å²) in [6, 6.07) is 15.4. The SMILES string of the molecule is CC/C(Cc1ccccc1)=N\NC(=O)c1cccc([N+](=O)[O-])c1. The van der Waals surface area contributed by atoms with Crippen molar-refractivity contribution in [2.24, 2.45) is 5.10 Å². The number of amides is 1. The number of carbonyl (C=O) groups is 1. The van der Waals surface area contributed by atoms with Gasteiger partial charge >= 0.3 is 0 Å². The van der Waals surface area contributed by atoms with Crippen LogP contribution in [0.4, 0.5) is 5.69 Å². The molecule has 6 heteroatoms. The first-order valence-corrected chi connectivity index (χ1v) is 7.24. The van der Waals surface area contributed by atoms with Crippen LogP contribution in [0.5, 0.6) is 0 Å². The maximum atomic E-state index is 12.1. The second-order valence-electron chi connectivity index (χ2n) is 4.94. The second-order valence-corrected chi connectivity index (χ2v) is 4.94. The highest BCUT2D eigenvalue weighted by Gasteiger charge is 2.11. The van der Waals surface area contributed by atoms with Gasteiger partial charge < -0.3 is 0 Å². The Morgan fingerprint density at radius 3 is 2.57 bits per heavy atom. The van der Waals surface area contributed by atoms with Gasteiger partial charge in [0.25, 0.3) is 11.6 Å². The standard InChI is InChI=1S/C17H17N3O3/c1-2-15(11-13-7-4-3-5-8-13)18-19-17(21)14-9-6-10-16(12-14)20(22)23/h3-10,12H,2,11H2,1H3,(H,19,21)/b18-15+. The van der Waals surface area contributed by atoms with Crippen LogP contribution in [0.15, 0.2) is 59.7 Å². The number of nitrogens with zero attached hydrogens (tertiary/aromatic N) is 2. The first-order valence-electron chi connectivity index (χ1n) is 7.24. The van der Waals surface area contributed by atoms with Gasteiger partial charge in [0.15, 0.2) is 0 Å². The average Bonchev–Trinajstić information content (AvgIpc) is 2.59. The van der Waals surface area contributed by atoms with Crippen LogP contribution in [0.3, 0.4) is 0 Å². The van der Waals surface area contributed by atoms with E-state index in [1.54, 1.807) is 0 Å². The van der Waals surface area contributed by atoms with E-state index in [1.807, 2.05) is 37.3 Å². The highest BCUT2D eigenvalue weighted by atomic mass is 16.6. The highest BCUT2D eigenvalue weighted by Crippen LogP contribution is 2.13. The molecule has 2 aromatic carbocycles. The van der Waals surface area contributed by atoms with E-state index >= 15 is 0 Å². The van der Waals surface area contributed by atoms with Crippen molar-refractivity contribution >= 4 is 17.3 Å². The second kappa shape index (κ2) is 7.84. The normalized spacial score (nSPS) is 11.1. The van der Waals surface area contributed by atoms with Gasteiger partial charge in [0.05, 0.1) is 4.92 Å². The first kappa shape index (κ1) is 16.4. The number of rotatable bonds is 6. The largest absolute Gasteiger partial charge is 0.271 e. The molecule has 1 N–H and O–H groups in total. The highest BCUT2D eigenvalue weighted by molar-refractivity contribution is 5.96. The van der Waals surface area contributed by atoms with Crippen molar-refractivity contribution in [3.05, 3.63) is 75.8 Å². The molecule has 0 aliphatic carbocycles. The summed E-state index contributed by atoms with van der Waals surface area (Å²) in [4.78, 5) is 22.3. The molecule has 0 aliphatic heterocycles. The van der Waals surface area contributed by atoms with Crippen LogP contribution < -0.4 is 5.43 Å². The molecule has 23 heavy (non-hydrogen) atoms. The number of hydrogen-bond donors (Lipinski definition) is 1. The Morgan fingerprint density at radius 2 is 1.91 bits per heavy atom. The van der Waals surface area contributed by atoms with Gasteiger partial charge in [-0.1, -0.05) is 43.3 Å². The van der Waals surface area contributed by atoms with Crippen molar-refractivity contribution in [1.82, 2.24) is 5.43 Å². The summed E-state index contributed by atoms with van der Waals surface area (Å²) < 4.78 is 0. The summed E-state index contributed by atoms with van der Waals surface area (Å²) in [5.74, 6) is -0.465. The summed E-state index contributed by atoms with van der Waals surface area (Å²) in [7, 11) is 0. The monoisotopic (exact) mass is 311 g/mol. The van der Waals surface area contributed by atoms with Crippen LogP contribution in [0.25, 0.3) is 0 Å². The molecule has 6 nitrogen and oxygen atoms in total. The molecule has 0 radical (unpaired) electrons. The summed E-state index contributed by atoms with van der Waals surface area (Å²) in [6.07, 6.45) is 1.34. The lowest BCUT2D eigenvalue weighted by molar-refractivity contribution is -0.384. The average molecular weight is 311 g/mol. The van der Waals surface area contributed by atoms with Crippen molar-refractivity contribution in [2.75, 3.05) is 0 Å². The van der Waals surface area contributed by atoms with Gasteiger partial charge in [0.2, 0.25) is 0 Å². The molecular weight excluding hydrogens is 294 g/mol. The quantitative estimate of drug-likeness (QED) is 0.504. The Bertz CT molecular complexity index is 727.